The molecular weight excluding hydrogens is 428 g/mol. The molecule has 0 saturated carbocycles. The predicted octanol–water partition coefficient (Wildman–Crippen LogP) is 7.68. The van der Waals surface area contributed by atoms with Crippen molar-refractivity contribution in [2.24, 2.45) is 4.99 Å². The average Bonchev–Trinajstić information content (AvgIpc) is 2.91. The van der Waals surface area contributed by atoms with Crippen molar-refractivity contribution in [3.8, 4) is 11.1 Å². The Kier molecular flexibility index (Phi) is 11.5. The van der Waals surface area contributed by atoms with E-state index >= 15 is 0 Å². The zero-order chi connectivity index (χ0) is 25.6. The van der Waals surface area contributed by atoms with E-state index in [-0.39, 0.29) is 0 Å². The van der Waals surface area contributed by atoms with Gasteiger partial charge in [0.15, 0.2) is 0 Å². The lowest BCUT2D eigenvalue weighted by atomic mass is 9.97. The molecule has 0 bridgehead atoms. The van der Waals surface area contributed by atoms with Crippen molar-refractivity contribution in [2.75, 3.05) is 26.0 Å². The van der Waals surface area contributed by atoms with E-state index in [1.807, 2.05) is 33.2 Å². The van der Waals surface area contributed by atoms with Crippen LogP contribution in [0.1, 0.15) is 49.4 Å². The van der Waals surface area contributed by atoms with Gasteiger partial charge in [-0.1, -0.05) is 69.3 Å². The molecule has 0 aliphatic rings. The third-order valence-electron chi connectivity index (χ3n) is 5.81. The average molecular weight is 469 g/mol. The first-order chi connectivity index (χ1) is 17.1. The van der Waals surface area contributed by atoms with Crippen LogP contribution in [-0.4, -0.2) is 38.0 Å². The summed E-state index contributed by atoms with van der Waals surface area (Å²) in [5.41, 5.74) is 9.07. The smallest absolute Gasteiger partial charge is 0.0458 e. The number of anilines is 1. The number of aliphatic imine (C=N–C) groups is 1. The summed E-state index contributed by atoms with van der Waals surface area (Å²) in [5.74, 6) is 0. The number of hydrogen-bond donors (Lipinski definition) is 2. The van der Waals surface area contributed by atoms with E-state index in [1.54, 1.807) is 7.05 Å². The number of rotatable bonds is 10. The highest BCUT2D eigenvalue weighted by Crippen LogP contribution is 2.28. The molecule has 0 fully saturated rings. The van der Waals surface area contributed by atoms with Crippen molar-refractivity contribution in [1.29, 1.82) is 5.41 Å². The maximum atomic E-state index is 7.76. The van der Waals surface area contributed by atoms with Gasteiger partial charge >= 0.3 is 0 Å². The number of hydrogen-bond acceptors (Lipinski definition) is 4. The molecule has 0 heterocycles. The van der Waals surface area contributed by atoms with E-state index in [0.717, 1.165) is 41.9 Å². The Balaban J connectivity index is 0.00000210. The first-order valence-electron chi connectivity index (χ1n) is 12.5. The molecule has 0 atom stereocenters. The van der Waals surface area contributed by atoms with Crippen molar-refractivity contribution < 1.29 is 0 Å². The largest absolute Gasteiger partial charge is 0.388 e. The summed E-state index contributed by atoms with van der Waals surface area (Å²) in [4.78, 5) is 6.64. The van der Waals surface area contributed by atoms with Crippen LogP contribution < -0.4 is 5.32 Å². The van der Waals surface area contributed by atoms with Gasteiger partial charge in [0.25, 0.3) is 0 Å². The fourth-order valence-electron chi connectivity index (χ4n) is 4.01. The highest BCUT2D eigenvalue weighted by molar-refractivity contribution is 5.88. The minimum absolute atomic E-state index is 0.817. The topological polar surface area (TPSA) is 51.5 Å². The van der Waals surface area contributed by atoms with E-state index in [1.165, 1.54) is 28.6 Å². The Morgan fingerprint density at radius 3 is 2.31 bits per heavy atom. The van der Waals surface area contributed by atoms with Crippen molar-refractivity contribution in [2.45, 2.75) is 40.7 Å². The van der Waals surface area contributed by atoms with Crippen LogP contribution >= 0.6 is 0 Å². The molecule has 0 aliphatic heterocycles. The van der Waals surface area contributed by atoms with Crippen molar-refractivity contribution in [1.82, 2.24) is 4.90 Å². The number of nitrogens with zero attached hydrogens (tertiary/aromatic N) is 2. The molecule has 2 N–H and O–H groups in total. The van der Waals surface area contributed by atoms with Crippen LogP contribution in [0, 0.1) is 12.3 Å². The fourth-order valence-corrected chi connectivity index (χ4v) is 4.01. The Labute approximate surface area is 211 Å². The molecule has 0 aliphatic carbocycles. The van der Waals surface area contributed by atoms with Gasteiger partial charge in [-0.05, 0) is 65.4 Å². The number of nitrogens with one attached hydrogen (secondary N) is 2. The zero-order valence-corrected chi connectivity index (χ0v) is 22.1. The first kappa shape index (κ1) is 27.6. The maximum Gasteiger partial charge on any atom is 0.0458 e. The Hall–Kier alpha value is -3.66. The summed E-state index contributed by atoms with van der Waals surface area (Å²) >= 11 is 0. The van der Waals surface area contributed by atoms with Gasteiger partial charge < -0.3 is 15.6 Å². The third-order valence-corrected chi connectivity index (χ3v) is 5.81. The molecule has 0 saturated heterocycles. The van der Waals surface area contributed by atoms with Crippen LogP contribution in [0.4, 0.5) is 5.69 Å². The number of allylic oxidation sites excluding steroid dienone is 1. The number of benzene rings is 3. The highest BCUT2D eigenvalue weighted by Gasteiger charge is 2.14. The van der Waals surface area contributed by atoms with E-state index in [9.17, 15) is 0 Å². The molecular formula is C31H40N4. The maximum absolute atomic E-state index is 7.76. The summed E-state index contributed by atoms with van der Waals surface area (Å²) < 4.78 is 0. The van der Waals surface area contributed by atoms with Crippen LogP contribution in [0.3, 0.4) is 0 Å². The lowest BCUT2D eigenvalue weighted by Crippen LogP contribution is -2.23. The van der Waals surface area contributed by atoms with E-state index in [4.69, 9.17) is 5.41 Å². The summed E-state index contributed by atoms with van der Waals surface area (Å²) in [6.45, 7) is 10.2. The summed E-state index contributed by atoms with van der Waals surface area (Å²) in [7, 11) is 3.69. The predicted molar refractivity (Wildman–Crippen MR) is 155 cm³/mol. The van der Waals surface area contributed by atoms with Crippen LogP contribution in [-0.2, 0) is 6.54 Å². The van der Waals surface area contributed by atoms with Gasteiger partial charge in [0.05, 0.1) is 0 Å². The van der Waals surface area contributed by atoms with Crippen molar-refractivity contribution in [3.05, 3.63) is 95.1 Å². The minimum atomic E-state index is 0.817. The second-order valence-corrected chi connectivity index (χ2v) is 8.08. The molecule has 0 unspecified atom stereocenters. The summed E-state index contributed by atoms with van der Waals surface area (Å²) in [6, 6.07) is 23.4. The van der Waals surface area contributed by atoms with Gasteiger partial charge in [-0.25, -0.2) is 0 Å². The van der Waals surface area contributed by atoms with Gasteiger partial charge in [-0.3, -0.25) is 4.99 Å². The van der Waals surface area contributed by atoms with Gasteiger partial charge in [-0.2, -0.15) is 0 Å². The standard InChI is InChI=1S/C29H34N4.C2H6/c1-5-17-33(29(15-16-31-3)23-9-7-6-8-10-23)21-27-19-24(12-11-22(27)2)25-13-14-28(32-4)26(18-25)20-30;1-2/h6-16,18-20,30,32H,5,17,21H2,1-4H3;1-2H3/b29-15+,30-20?,31-16?;. The third kappa shape index (κ3) is 7.41. The summed E-state index contributed by atoms with van der Waals surface area (Å²) in [5, 5.41) is 10.9. The quantitative estimate of drug-likeness (QED) is 0.300. The van der Waals surface area contributed by atoms with Gasteiger partial charge in [0.2, 0.25) is 0 Å². The van der Waals surface area contributed by atoms with Crippen LogP contribution in [0.5, 0.6) is 0 Å². The van der Waals surface area contributed by atoms with Gasteiger partial charge in [0.1, 0.15) is 0 Å². The SMILES string of the molecule is CC.CCCN(Cc1cc(-c2ccc(NC)c(C=N)c2)ccc1C)/C(=C/C=NC)c1ccccc1. The van der Waals surface area contributed by atoms with E-state index in [2.05, 4.69) is 95.8 Å². The molecule has 3 rings (SSSR count). The lowest BCUT2D eigenvalue weighted by Gasteiger charge is -2.28. The Morgan fingerprint density at radius 1 is 1.00 bits per heavy atom. The molecule has 4 heteroatoms. The lowest BCUT2D eigenvalue weighted by molar-refractivity contribution is 0.389. The molecule has 0 aromatic heterocycles. The number of aryl methyl sites for hydroxylation is 1. The van der Waals surface area contributed by atoms with Crippen LogP contribution in [0.2, 0.25) is 0 Å². The molecule has 35 heavy (non-hydrogen) atoms. The minimum Gasteiger partial charge on any atom is -0.388 e. The molecule has 0 amide bonds. The molecule has 3 aromatic carbocycles. The van der Waals surface area contributed by atoms with Crippen molar-refractivity contribution >= 4 is 23.8 Å². The monoisotopic (exact) mass is 468 g/mol. The molecule has 0 radical (unpaired) electrons. The zero-order valence-electron chi connectivity index (χ0n) is 22.1. The van der Waals surface area contributed by atoms with Crippen LogP contribution in [0.15, 0.2) is 77.8 Å². The highest BCUT2D eigenvalue weighted by atomic mass is 15.1. The Bertz CT molecular complexity index is 1130. The Morgan fingerprint density at radius 2 is 1.69 bits per heavy atom. The second-order valence-electron chi connectivity index (χ2n) is 8.08. The molecule has 3 aromatic rings. The van der Waals surface area contributed by atoms with Crippen LogP contribution in [0.25, 0.3) is 16.8 Å². The molecule has 184 valence electrons. The first-order valence-corrected chi connectivity index (χ1v) is 12.5. The van der Waals surface area contributed by atoms with E-state index < -0.39 is 0 Å². The van der Waals surface area contributed by atoms with Gasteiger partial charge in [-0.15, -0.1) is 0 Å². The van der Waals surface area contributed by atoms with E-state index in [0.29, 0.717) is 0 Å². The summed E-state index contributed by atoms with van der Waals surface area (Å²) in [6.07, 6.45) is 6.44. The molecule has 0 spiro atoms. The normalized spacial score (nSPS) is 11.1. The van der Waals surface area contributed by atoms with Gasteiger partial charge in [0, 0.05) is 56.6 Å². The van der Waals surface area contributed by atoms with Crippen molar-refractivity contribution in [3.63, 3.8) is 0 Å². The molecule has 4 nitrogen and oxygen atoms in total. The fraction of sp³-hybridized carbons (Fsp3) is 0.290. The second kappa shape index (κ2) is 14.6.